The van der Waals surface area contributed by atoms with Crippen LogP contribution in [0.3, 0.4) is 0 Å². The van der Waals surface area contributed by atoms with Crippen molar-refractivity contribution in [2.75, 3.05) is 13.2 Å². The van der Waals surface area contributed by atoms with E-state index in [1.54, 1.807) is 18.2 Å². The monoisotopic (exact) mass is 300 g/mol. The van der Waals surface area contributed by atoms with E-state index in [1.807, 2.05) is 13.8 Å². The molecule has 94 valence electrons. The van der Waals surface area contributed by atoms with E-state index in [2.05, 4.69) is 26.2 Å². The number of aromatic nitrogens is 1. The van der Waals surface area contributed by atoms with Crippen LogP contribution >= 0.6 is 15.9 Å². The van der Waals surface area contributed by atoms with Crippen LogP contribution in [0.15, 0.2) is 22.8 Å². The molecule has 0 unspecified atom stereocenters. The van der Waals surface area contributed by atoms with E-state index in [9.17, 15) is 4.79 Å². The zero-order chi connectivity index (χ0) is 12.9. The van der Waals surface area contributed by atoms with Crippen molar-refractivity contribution < 1.29 is 9.90 Å². The van der Waals surface area contributed by atoms with Gasteiger partial charge in [-0.15, -0.1) is 0 Å². The molecular weight excluding hydrogens is 284 g/mol. The highest BCUT2D eigenvalue weighted by Gasteiger charge is 2.18. The van der Waals surface area contributed by atoms with Crippen molar-refractivity contribution >= 4 is 21.8 Å². The number of rotatable bonds is 5. The molecule has 5 heteroatoms. The van der Waals surface area contributed by atoms with Crippen molar-refractivity contribution in [3.63, 3.8) is 0 Å². The molecule has 0 saturated carbocycles. The summed E-state index contributed by atoms with van der Waals surface area (Å²) in [5, 5.41) is 11.7. The van der Waals surface area contributed by atoms with Gasteiger partial charge in [0.2, 0.25) is 0 Å². The fraction of sp³-hybridized carbons (Fsp3) is 0.500. The molecule has 1 aromatic rings. The molecule has 0 aliphatic carbocycles. The number of halogens is 1. The van der Waals surface area contributed by atoms with Crippen molar-refractivity contribution in [2.45, 2.75) is 20.3 Å². The quantitative estimate of drug-likeness (QED) is 0.818. The molecule has 0 aliphatic rings. The lowest BCUT2D eigenvalue weighted by atomic mass is 9.90. The van der Waals surface area contributed by atoms with E-state index in [0.29, 0.717) is 23.3 Å². The van der Waals surface area contributed by atoms with Crippen LogP contribution < -0.4 is 5.32 Å². The topological polar surface area (TPSA) is 62.2 Å². The normalized spacial score (nSPS) is 11.3. The molecule has 4 nitrogen and oxygen atoms in total. The third-order valence-corrected chi connectivity index (χ3v) is 2.91. The minimum atomic E-state index is -0.197. The summed E-state index contributed by atoms with van der Waals surface area (Å²) < 4.78 is 0.639. The lowest BCUT2D eigenvalue weighted by Gasteiger charge is -2.23. The van der Waals surface area contributed by atoms with Crippen molar-refractivity contribution in [3.05, 3.63) is 28.5 Å². The Morgan fingerprint density at radius 2 is 2.24 bits per heavy atom. The Labute approximate surface area is 110 Å². The summed E-state index contributed by atoms with van der Waals surface area (Å²) in [5.41, 5.74) is 0.273. The van der Waals surface area contributed by atoms with Crippen LogP contribution in [0, 0.1) is 5.41 Å². The van der Waals surface area contributed by atoms with Crippen molar-refractivity contribution in [3.8, 4) is 0 Å². The number of carbonyl (C=O) groups excluding carboxylic acids is 1. The fourth-order valence-electron chi connectivity index (χ4n) is 1.34. The Balaban J connectivity index is 2.56. The highest BCUT2D eigenvalue weighted by Crippen LogP contribution is 2.18. The summed E-state index contributed by atoms with van der Waals surface area (Å²) in [4.78, 5) is 15.9. The molecule has 1 amide bonds. The molecular formula is C12H17BrN2O2. The van der Waals surface area contributed by atoms with Crippen LogP contribution in [0.25, 0.3) is 0 Å². The Bertz CT molecular complexity index is 394. The van der Waals surface area contributed by atoms with E-state index >= 15 is 0 Å². The maximum atomic E-state index is 11.8. The maximum absolute atomic E-state index is 11.8. The second kappa shape index (κ2) is 6.12. The van der Waals surface area contributed by atoms with Gasteiger partial charge in [0.25, 0.3) is 5.91 Å². The molecule has 17 heavy (non-hydrogen) atoms. The Hall–Kier alpha value is -0.940. The number of aliphatic hydroxyl groups excluding tert-OH is 1. The first-order valence-corrected chi connectivity index (χ1v) is 6.25. The van der Waals surface area contributed by atoms with Crippen molar-refractivity contribution in [1.29, 1.82) is 0 Å². The van der Waals surface area contributed by atoms with Gasteiger partial charge in [0.1, 0.15) is 10.3 Å². The second-order valence-corrected chi connectivity index (χ2v) is 5.48. The fourth-order valence-corrected chi connectivity index (χ4v) is 1.68. The number of aliphatic hydroxyl groups is 1. The Morgan fingerprint density at radius 3 is 2.82 bits per heavy atom. The van der Waals surface area contributed by atoms with Gasteiger partial charge in [-0.1, -0.05) is 19.9 Å². The van der Waals surface area contributed by atoms with Crippen molar-refractivity contribution in [2.24, 2.45) is 5.41 Å². The van der Waals surface area contributed by atoms with Crippen molar-refractivity contribution in [1.82, 2.24) is 10.3 Å². The summed E-state index contributed by atoms with van der Waals surface area (Å²) in [6.45, 7) is 4.63. The molecule has 0 radical (unpaired) electrons. The molecule has 0 saturated heterocycles. The summed E-state index contributed by atoms with van der Waals surface area (Å²) in [7, 11) is 0. The number of nitrogens with one attached hydrogen (secondary N) is 1. The van der Waals surface area contributed by atoms with E-state index in [1.165, 1.54) is 0 Å². The molecule has 2 N–H and O–H groups in total. The van der Waals surface area contributed by atoms with Crippen LogP contribution in [-0.2, 0) is 0 Å². The first kappa shape index (κ1) is 14.1. The molecule has 1 rings (SSSR count). The van der Waals surface area contributed by atoms with Gasteiger partial charge in [0, 0.05) is 13.2 Å². The van der Waals surface area contributed by atoms with Gasteiger partial charge < -0.3 is 10.4 Å². The van der Waals surface area contributed by atoms with E-state index in [0.717, 1.165) is 0 Å². The largest absolute Gasteiger partial charge is 0.396 e. The van der Waals surface area contributed by atoms with Crippen LogP contribution in [-0.4, -0.2) is 29.1 Å². The van der Waals surface area contributed by atoms with Crippen LogP contribution in [0.2, 0.25) is 0 Å². The molecule has 0 bridgehead atoms. The molecule has 1 heterocycles. The molecule has 0 aromatic carbocycles. The number of hydrogen-bond donors (Lipinski definition) is 2. The molecule has 0 fully saturated rings. The van der Waals surface area contributed by atoms with Crippen LogP contribution in [0.4, 0.5) is 0 Å². The van der Waals surface area contributed by atoms with Gasteiger partial charge in [-0.05, 0) is 39.9 Å². The minimum absolute atomic E-state index is 0.115. The van der Waals surface area contributed by atoms with Crippen LogP contribution in [0.1, 0.15) is 30.8 Å². The smallest absolute Gasteiger partial charge is 0.269 e. The second-order valence-electron chi connectivity index (χ2n) is 4.67. The number of hydrogen-bond acceptors (Lipinski definition) is 3. The molecule has 1 aromatic heterocycles. The Morgan fingerprint density at radius 1 is 1.53 bits per heavy atom. The number of pyridine rings is 1. The molecule has 0 aliphatic heterocycles. The standard InChI is InChI=1S/C12H17BrN2O2/c1-12(2,6-7-16)8-14-11(17)9-4-3-5-10(13)15-9/h3-5,16H,6-8H2,1-2H3,(H,14,17). The zero-order valence-electron chi connectivity index (χ0n) is 10.0. The zero-order valence-corrected chi connectivity index (χ0v) is 11.6. The highest BCUT2D eigenvalue weighted by atomic mass is 79.9. The molecule has 0 spiro atoms. The average Bonchev–Trinajstić information content (AvgIpc) is 2.26. The molecule has 0 atom stereocenters. The maximum Gasteiger partial charge on any atom is 0.269 e. The third-order valence-electron chi connectivity index (χ3n) is 2.46. The van der Waals surface area contributed by atoms with E-state index < -0.39 is 0 Å². The SMILES string of the molecule is CC(C)(CCO)CNC(=O)c1cccc(Br)n1. The lowest BCUT2D eigenvalue weighted by Crippen LogP contribution is -2.34. The summed E-state index contributed by atoms with van der Waals surface area (Å²) in [5.74, 6) is -0.197. The number of nitrogens with zero attached hydrogens (tertiary/aromatic N) is 1. The summed E-state index contributed by atoms with van der Waals surface area (Å²) in [6.07, 6.45) is 0.652. The summed E-state index contributed by atoms with van der Waals surface area (Å²) in [6, 6.07) is 5.20. The predicted octanol–water partition coefficient (Wildman–Crippen LogP) is 1.98. The van der Waals surface area contributed by atoms with Gasteiger partial charge in [-0.25, -0.2) is 4.98 Å². The van der Waals surface area contributed by atoms with E-state index in [-0.39, 0.29) is 17.9 Å². The minimum Gasteiger partial charge on any atom is -0.396 e. The van der Waals surface area contributed by atoms with Gasteiger partial charge in [0.15, 0.2) is 0 Å². The van der Waals surface area contributed by atoms with E-state index in [4.69, 9.17) is 5.11 Å². The third kappa shape index (κ3) is 4.83. The predicted molar refractivity (Wildman–Crippen MR) is 69.8 cm³/mol. The van der Waals surface area contributed by atoms with Gasteiger partial charge >= 0.3 is 0 Å². The van der Waals surface area contributed by atoms with Gasteiger partial charge in [0.05, 0.1) is 0 Å². The average molecular weight is 301 g/mol. The van der Waals surface area contributed by atoms with Gasteiger partial charge in [-0.2, -0.15) is 0 Å². The first-order valence-electron chi connectivity index (χ1n) is 5.46. The van der Waals surface area contributed by atoms with Crippen LogP contribution in [0.5, 0.6) is 0 Å². The Kier molecular flexibility index (Phi) is 5.08. The summed E-state index contributed by atoms with van der Waals surface area (Å²) >= 11 is 3.22. The first-order chi connectivity index (χ1) is 7.94. The number of carbonyl (C=O) groups is 1. The number of amides is 1. The highest BCUT2D eigenvalue weighted by molar-refractivity contribution is 9.10. The van der Waals surface area contributed by atoms with Gasteiger partial charge in [-0.3, -0.25) is 4.79 Å². The lowest BCUT2D eigenvalue weighted by molar-refractivity contribution is 0.0923.